The van der Waals surface area contributed by atoms with Crippen LogP contribution in [0.2, 0.25) is 5.02 Å². The van der Waals surface area contributed by atoms with E-state index in [9.17, 15) is 4.79 Å². The quantitative estimate of drug-likeness (QED) is 0.528. The van der Waals surface area contributed by atoms with Crippen LogP contribution in [0.5, 0.6) is 0 Å². The van der Waals surface area contributed by atoms with E-state index in [2.05, 4.69) is 10.3 Å². The molecule has 4 rings (SSSR count). The fourth-order valence-corrected chi connectivity index (χ4v) is 3.23. The third kappa shape index (κ3) is 4.02. The molecule has 2 aromatic heterocycles. The molecule has 1 N–H and O–H groups in total. The van der Waals surface area contributed by atoms with Gasteiger partial charge in [-0.1, -0.05) is 41.9 Å². The Balaban J connectivity index is 1.59. The Morgan fingerprint density at radius 1 is 0.964 bits per heavy atom. The van der Waals surface area contributed by atoms with E-state index in [4.69, 9.17) is 16.6 Å². The van der Waals surface area contributed by atoms with Gasteiger partial charge < -0.3 is 5.32 Å². The standard InChI is InChI=1S/C23H18ClN3O/c24-18-7-5-16(6-8-18)9-14-26-23(28)20-15-22(17-10-12-25-13-11-17)27-21-4-2-1-3-19(20)21/h1-8,10-13,15H,9,14H2,(H,26,28). The Kier molecular flexibility index (Phi) is 5.31. The number of pyridine rings is 2. The molecular weight excluding hydrogens is 370 g/mol. The summed E-state index contributed by atoms with van der Waals surface area (Å²) in [4.78, 5) is 21.7. The number of halogens is 1. The number of benzene rings is 2. The van der Waals surface area contributed by atoms with Gasteiger partial charge in [0.25, 0.3) is 5.91 Å². The fraction of sp³-hybridized carbons (Fsp3) is 0.0870. The van der Waals surface area contributed by atoms with E-state index in [0.29, 0.717) is 17.1 Å². The normalized spacial score (nSPS) is 10.8. The lowest BCUT2D eigenvalue weighted by Gasteiger charge is -2.11. The molecule has 0 saturated heterocycles. The number of nitrogens with zero attached hydrogens (tertiary/aromatic N) is 2. The van der Waals surface area contributed by atoms with Crippen LogP contribution in [0, 0.1) is 0 Å². The fourth-order valence-electron chi connectivity index (χ4n) is 3.10. The van der Waals surface area contributed by atoms with E-state index < -0.39 is 0 Å². The molecule has 1 amide bonds. The van der Waals surface area contributed by atoms with Gasteiger partial charge in [-0.3, -0.25) is 9.78 Å². The van der Waals surface area contributed by atoms with E-state index in [1.54, 1.807) is 12.4 Å². The number of rotatable bonds is 5. The first-order chi connectivity index (χ1) is 13.7. The summed E-state index contributed by atoms with van der Waals surface area (Å²) in [5.74, 6) is -0.108. The topological polar surface area (TPSA) is 54.9 Å². The summed E-state index contributed by atoms with van der Waals surface area (Å²) in [5, 5.41) is 4.57. The molecule has 2 heterocycles. The van der Waals surface area contributed by atoms with Crippen LogP contribution in [-0.4, -0.2) is 22.4 Å². The number of nitrogens with one attached hydrogen (secondary N) is 1. The second-order valence-corrected chi connectivity index (χ2v) is 6.88. The van der Waals surface area contributed by atoms with Gasteiger partial charge in [0.05, 0.1) is 16.8 Å². The molecule has 4 aromatic rings. The monoisotopic (exact) mass is 387 g/mol. The molecule has 138 valence electrons. The van der Waals surface area contributed by atoms with Crippen molar-refractivity contribution in [2.75, 3.05) is 6.54 Å². The minimum Gasteiger partial charge on any atom is -0.352 e. The number of hydrogen-bond acceptors (Lipinski definition) is 3. The zero-order chi connectivity index (χ0) is 19.3. The first-order valence-electron chi connectivity index (χ1n) is 9.03. The molecule has 5 heteroatoms. The van der Waals surface area contributed by atoms with Crippen molar-refractivity contribution in [3.05, 3.63) is 95.3 Å². The highest BCUT2D eigenvalue weighted by Crippen LogP contribution is 2.24. The molecule has 4 nitrogen and oxygen atoms in total. The van der Waals surface area contributed by atoms with Gasteiger partial charge in [0.15, 0.2) is 0 Å². The molecule has 0 radical (unpaired) electrons. The minimum atomic E-state index is -0.108. The molecule has 0 bridgehead atoms. The summed E-state index contributed by atoms with van der Waals surface area (Å²) in [6, 6.07) is 21.0. The molecule has 0 aliphatic rings. The van der Waals surface area contributed by atoms with Gasteiger partial charge >= 0.3 is 0 Å². The van der Waals surface area contributed by atoms with Gasteiger partial charge in [-0.2, -0.15) is 0 Å². The predicted molar refractivity (Wildman–Crippen MR) is 112 cm³/mol. The molecule has 0 fully saturated rings. The molecule has 2 aromatic carbocycles. The summed E-state index contributed by atoms with van der Waals surface area (Å²) in [6.07, 6.45) is 4.18. The van der Waals surface area contributed by atoms with Crippen molar-refractivity contribution in [1.29, 1.82) is 0 Å². The number of amides is 1. The number of aromatic nitrogens is 2. The molecule has 0 aliphatic heterocycles. The van der Waals surface area contributed by atoms with Crippen molar-refractivity contribution in [3.63, 3.8) is 0 Å². The lowest BCUT2D eigenvalue weighted by molar-refractivity contribution is 0.0956. The van der Waals surface area contributed by atoms with Crippen molar-refractivity contribution < 1.29 is 4.79 Å². The van der Waals surface area contributed by atoms with Gasteiger partial charge in [0.1, 0.15) is 0 Å². The first kappa shape index (κ1) is 18.1. The van der Waals surface area contributed by atoms with Crippen molar-refractivity contribution in [1.82, 2.24) is 15.3 Å². The highest BCUT2D eigenvalue weighted by molar-refractivity contribution is 6.30. The highest BCUT2D eigenvalue weighted by Gasteiger charge is 2.13. The van der Waals surface area contributed by atoms with E-state index in [1.165, 1.54) is 0 Å². The lowest BCUT2D eigenvalue weighted by atomic mass is 10.0. The second-order valence-electron chi connectivity index (χ2n) is 6.44. The van der Waals surface area contributed by atoms with Crippen LogP contribution in [0.3, 0.4) is 0 Å². The maximum atomic E-state index is 12.9. The molecule has 28 heavy (non-hydrogen) atoms. The van der Waals surface area contributed by atoms with Crippen LogP contribution in [0.4, 0.5) is 0 Å². The summed E-state index contributed by atoms with van der Waals surface area (Å²) < 4.78 is 0. The van der Waals surface area contributed by atoms with Gasteiger partial charge in [-0.15, -0.1) is 0 Å². The van der Waals surface area contributed by atoms with E-state index >= 15 is 0 Å². The average molecular weight is 388 g/mol. The van der Waals surface area contributed by atoms with Crippen molar-refractivity contribution in [2.24, 2.45) is 0 Å². The Morgan fingerprint density at radius 3 is 2.50 bits per heavy atom. The van der Waals surface area contributed by atoms with Gasteiger partial charge in [0, 0.05) is 34.9 Å². The van der Waals surface area contributed by atoms with Gasteiger partial charge in [-0.25, -0.2) is 4.98 Å². The van der Waals surface area contributed by atoms with Crippen LogP contribution in [0.25, 0.3) is 22.2 Å². The van der Waals surface area contributed by atoms with Gasteiger partial charge in [-0.05, 0) is 48.4 Å². The molecule has 0 unspecified atom stereocenters. The van der Waals surface area contributed by atoms with E-state index in [-0.39, 0.29) is 5.91 Å². The van der Waals surface area contributed by atoms with Crippen molar-refractivity contribution >= 4 is 28.4 Å². The van der Waals surface area contributed by atoms with Gasteiger partial charge in [0.2, 0.25) is 0 Å². The minimum absolute atomic E-state index is 0.108. The number of carbonyl (C=O) groups is 1. The third-order valence-electron chi connectivity index (χ3n) is 4.55. The smallest absolute Gasteiger partial charge is 0.252 e. The van der Waals surface area contributed by atoms with Crippen LogP contribution >= 0.6 is 11.6 Å². The highest BCUT2D eigenvalue weighted by atomic mass is 35.5. The number of fused-ring (bicyclic) bond motifs is 1. The van der Waals surface area contributed by atoms with Crippen molar-refractivity contribution in [2.45, 2.75) is 6.42 Å². The maximum Gasteiger partial charge on any atom is 0.252 e. The molecule has 0 atom stereocenters. The number of hydrogen-bond donors (Lipinski definition) is 1. The Labute approximate surface area is 168 Å². The molecule has 0 saturated carbocycles. The SMILES string of the molecule is O=C(NCCc1ccc(Cl)cc1)c1cc(-c2ccncc2)nc2ccccc12. The van der Waals surface area contributed by atoms with Crippen LogP contribution in [-0.2, 0) is 6.42 Å². The van der Waals surface area contributed by atoms with Crippen LogP contribution < -0.4 is 5.32 Å². The second kappa shape index (κ2) is 8.19. The Morgan fingerprint density at radius 2 is 1.71 bits per heavy atom. The zero-order valence-corrected chi connectivity index (χ0v) is 15.9. The van der Waals surface area contributed by atoms with E-state index in [0.717, 1.165) is 34.1 Å². The zero-order valence-electron chi connectivity index (χ0n) is 15.1. The molecule has 0 spiro atoms. The summed E-state index contributed by atoms with van der Waals surface area (Å²) in [5.41, 5.74) is 4.22. The summed E-state index contributed by atoms with van der Waals surface area (Å²) in [7, 11) is 0. The van der Waals surface area contributed by atoms with Crippen molar-refractivity contribution in [3.8, 4) is 11.3 Å². The Hall–Kier alpha value is -3.24. The lowest BCUT2D eigenvalue weighted by Crippen LogP contribution is -2.26. The average Bonchev–Trinajstić information content (AvgIpc) is 2.75. The van der Waals surface area contributed by atoms with Crippen LogP contribution in [0.15, 0.2) is 79.1 Å². The third-order valence-corrected chi connectivity index (χ3v) is 4.80. The number of para-hydroxylation sites is 1. The number of carbonyl (C=O) groups excluding carboxylic acids is 1. The molecule has 0 aliphatic carbocycles. The maximum absolute atomic E-state index is 12.9. The summed E-state index contributed by atoms with van der Waals surface area (Å²) >= 11 is 5.92. The first-order valence-corrected chi connectivity index (χ1v) is 9.41. The molecular formula is C23H18ClN3O. The predicted octanol–water partition coefficient (Wildman–Crippen LogP) is 4.92. The Bertz CT molecular complexity index is 1110. The van der Waals surface area contributed by atoms with Crippen LogP contribution in [0.1, 0.15) is 15.9 Å². The summed E-state index contributed by atoms with van der Waals surface area (Å²) in [6.45, 7) is 0.543. The van der Waals surface area contributed by atoms with E-state index in [1.807, 2.05) is 66.7 Å². The largest absolute Gasteiger partial charge is 0.352 e.